The van der Waals surface area contributed by atoms with Crippen molar-refractivity contribution in [1.29, 1.82) is 0 Å². The highest BCUT2D eigenvalue weighted by Crippen LogP contribution is 2.42. The summed E-state index contributed by atoms with van der Waals surface area (Å²) in [7, 11) is 0. The number of hydrogen-bond donors (Lipinski definition) is 2. The van der Waals surface area contributed by atoms with Crippen molar-refractivity contribution in [1.82, 2.24) is 10.3 Å². The average Bonchev–Trinajstić information content (AvgIpc) is 2.68. The molecule has 1 aromatic carbocycles. The number of amides is 1. The molecule has 0 spiro atoms. The summed E-state index contributed by atoms with van der Waals surface area (Å²) in [5, 5.41) is 13.0. The van der Waals surface area contributed by atoms with Crippen molar-refractivity contribution in [3.05, 3.63) is 63.4 Å². The van der Waals surface area contributed by atoms with Gasteiger partial charge >= 0.3 is 6.18 Å². The second-order valence-corrected chi connectivity index (χ2v) is 7.97. The summed E-state index contributed by atoms with van der Waals surface area (Å²) < 4.78 is 53.1. The summed E-state index contributed by atoms with van der Waals surface area (Å²) in [6, 6.07) is 4.94. The van der Waals surface area contributed by atoms with E-state index in [0.717, 1.165) is 18.2 Å². The van der Waals surface area contributed by atoms with E-state index in [1.807, 2.05) is 0 Å². The Kier molecular flexibility index (Phi) is 6.60. The van der Waals surface area contributed by atoms with Gasteiger partial charge in [0, 0.05) is 11.8 Å². The Bertz CT molecular complexity index is 931. The molecule has 0 bridgehead atoms. The molecule has 2 aromatic rings. The summed E-state index contributed by atoms with van der Waals surface area (Å²) in [4.78, 5) is 16.8. The lowest BCUT2D eigenvalue weighted by atomic mass is 9.76. The van der Waals surface area contributed by atoms with E-state index in [9.17, 15) is 27.5 Å². The fraction of sp³-hybridized carbons (Fsp3) is 0.400. The molecule has 162 valence electrons. The Morgan fingerprint density at radius 1 is 1.20 bits per heavy atom. The number of rotatable bonds is 4. The highest BCUT2D eigenvalue weighted by Gasteiger charge is 2.43. The first-order valence-corrected chi connectivity index (χ1v) is 9.92. The van der Waals surface area contributed by atoms with Gasteiger partial charge in [-0.1, -0.05) is 35.3 Å². The number of halogens is 6. The Balaban J connectivity index is 1.98. The Morgan fingerprint density at radius 3 is 2.47 bits per heavy atom. The molecule has 2 N–H and O–H groups in total. The molecule has 4 nitrogen and oxygen atoms in total. The molecular formula is C20H18Cl2F4N2O2. The van der Waals surface area contributed by atoms with E-state index in [0.29, 0.717) is 0 Å². The van der Waals surface area contributed by atoms with E-state index in [2.05, 4.69) is 10.3 Å². The summed E-state index contributed by atoms with van der Waals surface area (Å²) in [5.41, 5.74) is -2.84. The van der Waals surface area contributed by atoms with Crippen LogP contribution in [0.25, 0.3) is 0 Å². The lowest BCUT2D eigenvalue weighted by Gasteiger charge is -2.40. The third-order valence-corrected chi connectivity index (χ3v) is 5.96. The summed E-state index contributed by atoms with van der Waals surface area (Å²) in [5.74, 6) is -0.924. The molecule has 1 saturated carbocycles. The molecule has 0 saturated heterocycles. The van der Waals surface area contributed by atoms with Crippen LogP contribution in [-0.4, -0.2) is 27.8 Å². The van der Waals surface area contributed by atoms with Crippen molar-refractivity contribution in [2.75, 3.05) is 0 Å². The number of alkyl halides is 4. The molecule has 10 heteroatoms. The number of nitrogens with zero attached hydrogens (tertiary/aromatic N) is 1. The van der Waals surface area contributed by atoms with Crippen LogP contribution in [0.3, 0.4) is 0 Å². The molecule has 3 rings (SSSR count). The molecule has 1 aliphatic carbocycles. The van der Waals surface area contributed by atoms with Crippen LogP contribution in [0.2, 0.25) is 10.2 Å². The zero-order valence-corrected chi connectivity index (χ0v) is 17.0. The van der Waals surface area contributed by atoms with Gasteiger partial charge in [0.05, 0.1) is 27.8 Å². The van der Waals surface area contributed by atoms with Gasteiger partial charge in [-0.2, -0.15) is 13.2 Å². The number of carbonyl (C=O) groups is 1. The van der Waals surface area contributed by atoms with Crippen LogP contribution in [0.1, 0.15) is 53.2 Å². The molecule has 1 unspecified atom stereocenters. The van der Waals surface area contributed by atoms with Crippen LogP contribution in [0.4, 0.5) is 17.6 Å². The molecule has 0 aliphatic heterocycles. The van der Waals surface area contributed by atoms with Crippen LogP contribution >= 0.6 is 23.2 Å². The lowest BCUT2D eigenvalue weighted by Crippen LogP contribution is -2.48. The van der Waals surface area contributed by atoms with Gasteiger partial charge in [-0.15, -0.1) is 0 Å². The molecule has 1 amide bonds. The highest BCUT2D eigenvalue weighted by molar-refractivity contribution is 6.34. The minimum absolute atomic E-state index is 0.00809. The molecule has 30 heavy (non-hydrogen) atoms. The first-order chi connectivity index (χ1) is 14.0. The zero-order valence-electron chi connectivity index (χ0n) is 15.5. The minimum atomic E-state index is -4.74. The van der Waals surface area contributed by atoms with Gasteiger partial charge in [-0.3, -0.25) is 4.79 Å². The van der Waals surface area contributed by atoms with E-state index in [4.69, 9.17) is 23.2 Å². The molecular weight excluding hydrogens is 447 g/mol. The van der Waals surface area contributed by atoms with Crippen molar-refractivity contribution >= 4 is 29.1 Å². The number of pyridine rings is 1. The number of nitrogens with one attached hydrogen (secondary N) is 1. The molecule has 1 aliphatic rings. The summed E-state index contributed by atoms with van der Waals surface area (Å²) >= 11 is 12.0. The van der Waals surface area contributed by atoms with Gasteiger partial charge in [0.25, 0.3) is 5.91 Å². The van der Waals surface area contributed by atoms with Gasteiger partial charge in [0.15, 0.2) is 0 Å². The van der Waals surface area contributed by atoms with Gasteiger partial charge < -0.3 is 10.4 Å². The van der Waals surface area contributed by atoms with Crippen LogP contribution in [0.5, 0.6) is 0 Å². The molecule has 1 atom stereocenters. The first-order valence-electron chi connectivity index (χ1n) is 9.16. The van der Waals surface area contributed by atoms with E-state index in [-0.39, 0.29) is 36.4 Å². The second-order valence-electron chi connectivity index (χ2n) is 7.23. The smallest absolute Gasteiger partial charge is 0.387 e. The van der Waals surface area contributed by atoms with Crippen molar-refractivity contribution in [2.45, 2.75) is 49.7 Å². The topological polar surface area (TPSA) is 62.2 Å². The number of carbonyl (C=O) groups excluding carboxylic acids is 1. The van der Waals surface area contributed by atoms with Gasteiger partial charge in [0.1, 0.15) is 11.3 Å². The van der Waals surface area contributed by atoms with E-state index < -0.39 is 46.0 Å². The third kappa shape index (κ3) is 4.71. The van der Waals surface area contributed by atoms with Crippen molar-refractivity contribution in [2.24, 2.45) is 0 Å². The van der Waals surface area contributed by atoms with Gasteiger partial charge in [-0.25, -0.2) is 9.37 Å². The maximum atomic E-state index is 13.6. The summed E-state index contributed by atoms with van der Waals surface area (Å²) in [6.45, 7) is 0. The maximum Gasteiger partial charge on any atom is 0.417 e. The van der Waals surface area contributed by atoms with Crippen molar-refractivity contribution in [3.63, 3.8) is 0 Å². The van der Waals surface area contributed by atoms with E-state index in [1.165, 1.54) is 12.3 Å². The monoisotopic (exact) mass is 464 g/mol. The lowest BCUT2D eigenvalue weighted by molar-refractivity contribution is -0.137. The second kappa shape index (κ2) is 8.69. The number of aliphatic hydroxyl groups is 1. The normalized spacial score (nSPS) is 23.1. The largest absolute Gasteiger partial charge is 0.417 e. The SMILES string of the molecule is O=C(NC(c1cccnc1Cl)[C@]1(O)CC[C@@H](F)CC1)c1cccc(C(F)(F)F)c1Cl. The van der Waals surface area contributed by atoms with Gasteiger partial charge in [0.2, 0.25) is 0 Å². The number of aromatic nitrogens is 1. The quantitative estimate of drug-likeness (QED) is 0.462. The first kappa shape index (κ1) is 22.8. The fourth-order valence-electron chi connectivity index (χ4n) is 3.62. The Hall–Kier alpha value is -1.90. The standard InChI is InChI=1S/C20H18Cl2F4N2O2/c21-15-12(3-1-5-14(15)20(24,25)26)18(29)28-16(13-4-2-10-27-17(13)22)19(30)8-6-11(23)7-9-19/h1-5,10-11,16,30H,6-9H2,(H,28,29)/t11-,16?,19+. The average molecular weight is 465 g/mol. The van der Waals surface area contributed by atoms with Crippen LogP contribution in [0.15, 0.2) is 36.5 Å². The maximum absolute atomic E-state index is 13.6. The van der Waals surface area contributed by atoms with Crippen LogP contribution in [0, 0.1) is 0 Å². The molecule has 1 aromatic heterocycles. The van der Waals surface area contributed by atoms with Gasteiger partial charge in [-0.05, 0) is 43.9 Å². The third-order valence-electron chi connectivity index (χ3n) is 5.24. The number of benzene rings is 1. The fourth-order valence-corrected chi connectivity index (χ4v) is 4.17. The summed E-state index contributed by atoms with van der Waals surface area (Å²) in [6.07, 6.45) is -4.20. The van der Waals surface area contributed by atoms with Crippen molar-refractivity contribution < 1.29 is 27.5 Å². The highest BCUT2D eigenvalue weighted by atomic mass is 35.5. The van der Waals surface area contributed by atoms with Crippen molar-refractivity contribution in [3.8, 4) is 0 Å². The van der Waals surface area contributed by atoms with E-state index >= 15 is 0 Å². The Morgan fingerprint density at radius 2 is 1.87 bits per heavy atom. The number of hydrogen-bond acceptors (Lipinski definition) is 3. The predicted molar refractivity (Wildman–Crippen MR) is 104 cm³/mol. The van der Waals surface area contributed by atoms with E-state index in [1.54, 1.807) is 6.07 Å². The Labute approximate surface area is 180 Å². The molecule has 0 radical (unpaired) electrons. The van der Waals surface area contributed by atoms with Crippen LogP contribution < -0.4 is 5.32 Å². The minimum Gasteiger partial charge on any atom is -0.387 e. The predicted octanol–water partition coefficient (Wildman–Crippen LogP) is 5.52. The molecule has 1 heterocycles. The zero-order chi connectivity index (χ0) is 22.1. The molecule has 1 fully saturated rings. The van der Waals surface area contributed by atoms with Crippen LogP contribution in [-0.2, 0) is 6.18 Å².